The van der Waals surface area contributed by atoms with E-state index in [2.05, 4.69) is 16.3 Å². The van der Waals surface area contributed by atoms with Crippen LogP contribution in [0.3, 0.4) is 0 Å². The summed E-state index contributed by atoms with van der Waals surface area (Å²) in [6, 6.07) is 13.2. The van der Waals surface area contributed by atoms with Crippen LogP contribution in [-0.2, 0) is 19.6 Å². The fourth-order valence-electron chi connectivity index (χ4n) is 4.21. The number of anilines is 1. The lowest BCUT2D eigenvalue weighted by molar-refractivity contribution is 0.103. The van der Waals surface area contributed by atoms with Crippen LogP contribution in [-0.4, -0.2) is 32.0 Å². The third-order valence-electron chi connectivity index (χ3n) is 5.87. The van der Waals surface area contributed by atoms with E-state index in [0.717, 1.165) is 22.8 Å². The largest absolute Gasteiger partial charge is 0.497 e. The van der Waals surface area contributed by atoms with Gasteiger partial charge in [-0.15, -0.1) is 0 Å². The minimum atomic E-state index is -0.579. The Kier molecular flexibility index (Phi) is 6.73. The second-order valence-corrected chi connectivity index (χ2v) is 8.49. The van der Waals surface area contributed by atoms with Crippen molar-refractivity contribution in [2.24, 2.45) is 0 Å². The van der Waals surface area contributed by atoms with Gasteiger partial charge in [-0.25, -0.2) is 4.39 Å². The number of rotatable bonds is 7. The minimum Gasteiger partial charge on any atom is -0.497 e. The molecule has 3 aromatic rings. The normalized spacial score (nSPS) is 12.7. The average molecular weight is 480 g/mol. The molecule has 0 atom stereocenters. The number of hydrogen-bond donors (Lipinski definition) is 1. The minimum absolute atomic E-state index is 0.00884. The van der Waals surface area contributed by atoms with Gasteiger partial charge < -0.3 is 14.8 Å². The SMILES string of the molecule is COc1ccc(CNc2cc3c(c(C#N)c2C(=O)c2cc(F)ccc2Cl)CN(C)C3)c(OC)c1. The van der Waals surface area contributed by atoms with Crippen molar-refractivity contribution in [3.8, 4) is 17.6 Å². The monoisotopic (exact) mass is 479 g/mol. The van der Waals surface area contributed by atoms with Crippen molar-refractivity contribution in [1.29, 1.82) is 5.26 Å². The lowest BCUT2D eigenvalue weighted by Crippen LogP contribution is -2.13. The summed E-state index contributed by atoms with van der Waals surface area (Å²) in [6.45, 7) is 1.52. The summed E-state index contributed by atoms with van der Waals surface area (Å²) < 4.78 is 24.7. The Morgan fingerprint density at radius 2 is 1.97 bits per heavy atom. The van der Waals surface area contributed by atoms with Gasteiger partial charge in [0, 0.05) is 42.5 Å². The second kappa shape index (κ2) is 9.72. The van der Waals surface area contributed by atoms with Crippen LogP contribution < -0.4 is 14.8 Å². The van der Waals surface area contributed by atoms with E-state index in [0.29, 0.717) is 36.8 Å². The number of ether oxygens (including phenoxy) is 2. The molecule has 0 unspecified atom stereocenters. The average Bonchev–Trinajstić information content (AvgIpc) is 3.22. The molecule has 0 bridgehead atoms. The standard InChI is InChI=1S/C26H23ClFN3O3/c1-31-13-16-8-23(30-12-15-4-6-18(33-2)10-24(15)34-3)25(20(11-29)21(16)14-31)26(32)19-9-17(28)5-7-22(19)27/h4-10,30H,12-14H2,1-3H3. The van der Waals surface area contributed by atoms with Gasteiger partial charge in [0.25, 0.3) is 0 Å². The fraction of sp³-hybridized carbons (Fsp3) is 0.231. The van der Waals surface area contributed by atoms with E-state index in [-0.39, 0.29) is 21.7 Å². The lowest BCUT2D eigenvalue weighted by atomic mass is 9.91. The molecule has 0 saturated carbocycles. The molecule has 0 spiro atoms. The molecule has 34 heavy (non-hydrogen) atoms. The first-order chi connectivity index (χ1) is 16.4. The molecule has 0 saturated heterocycles. The van der Waals surface area contributed by atoms with E-state index in [1.54, 1.807) is 20.3 Å². The van der Waals surface area contributed by atoms with Gasteiger partial charge in [-0.1, -0.05) is 11.6 Å². The van der Waals surface area contributed by atoms with Crippen LogP contribution >= 0.6 is 11.6 Å². The fourth-order valence-corrected chi connectivity index (χ4v) is 4.41. The quantitative estimate of drug-likeness (QED) is 0.472. The van der Waals surface area contributed by atoms with E-state index >= 15 is 0 Å². The zero-order valence-corrected chi connectivity index (χ0v) is 19.8. The summed E-state index contributed by atoms with van der Waals surface area (Å²) in [4.78, 5) is 15.7. The molecular weight excluding hydrogens is 457 g/mol. The number of nitrogens with zero attached hydrogens (tertiary/aromatic N) is 2. The number of nitriles is 1. The maximum Gasteiger partial charge on any atom is 0.198 e. The second-order valence-electron chi connectivity index (χ2n) is 8.08. The number of fused-ring (bicyclic) bond motifs is 1. The first-order valence-electron chi connectivity index (χ1n) is 10.6. The third-order valence-corrected chi connectivity index (χ3v) is 6.20. The van der Waals surface area contributed by atoms with Crippen LogP contribution in [0.15, 0.2) is 42.5 Å². The van der Waals surface area contributed by atoms with Crippen LogP contribution in [0, 0.1) is 17.1 Å². The number of carbonyl (C=O) groups excluding carboxylic acids is 1. The molecule has 174 valence electrons. The van der Waals surface area contributed by atoms with Crippen LogP contribution in [0.1, 0.15) is 38.2 Å². The molecule has 0 aliphatic carbocycles. The molecular formula is C26H23ClFN3O3. The molecule has 1 aliphatic heterocycles. The molecule has 4 rings (SSSR count). The van der Waals surface area contributed by atoms with E-state index in [4.69, 9.17) is 21.1 Å². The zero-order valence-electron chi connectivity index (χ0n) is 19.0. The molecule has 6 nitrogen and oxygen atoms in total. The first-order valence-corrected chi connectivity index (χ1v) is 11.0. The van der Waals surface area contributed by atoms with Gasteiger partial charge in [-0.05, 0) is 54.6 Å². The molecule has 8 heteroatoms. The molecule has 0 amide bonds. The number of carbonyl (C=O) groups is 1. The molecule has 0 aromatic heterocycles. The summed E-state index contributed by atoms with van der Waals surface area (Å²) in [6.07, 6.45) is 0. The maximum absolute atomic E-state index is 14.0. The molecule has 3 aromatic carbocycles. The van der Waals surface area contributed by atoms with Crippen LogP contribution in [0.4, 0.5) is 10.1 Å². The van der Waals surface area contributed by atoms with Crippen molar-refractivity contribution < 1.29 is 18.7 Å². The Balaban J connectivity index is 1.81. The van der Waals surface area contributed by atoms with Crippen molar-refractivity contribution in [3.63, 3.8) is 0 Å². The summed E-state index contributed by atoms with van der Waals surface area (Å²) in [5.74, 6) is 0.186. The number of nitrogens with one attached hydrogen (secondary N) is 1. The first kappa shape index (κ1) is 23.6. The van der Waals surface area contributed by atoms with Gasteiger partial charge in [-0.2, -0.15) is 5.26 Å². The number of hydrogen-bond acceptors (Lipinski definition) is 6. The van der Waals surface area contributed by atoms with Gasteiger partial charge in [0.05, 0.1) is 30.4 Å². The van der Waals surface area contributed by atoms with E-state index < -0.39 is 11.6 Å². The number of halogens is 2. The third kappa shape index (κ3) is 4.43. The Labute approximate surface area is 202 Å². The Hall–Kier alpha value is -3.60. The van der Waals surface area contributed by atoms with Crippen LogP contribution in [0.25, 0.3) is 0 Å². The Morgan fingerprint density at radius 3 is 2.68 bits per heavy atom. The van der Waals surface area contributed by atoms with E-state index in [1.807, 2.05) is 25.2 Å². The van der Waals surface area contributed by atoms with Crippen LogP contribution in [0.5, 0.6) is 11.5 Å². The van der Waals surface area contributed by atoms with Gasteiger partial charge in [-0.3, -0.25) is 9.69 Å². The summed E-state index contributed by atoms with van der Waals surface area (Å²) in [7, 11) is 5.09. The molecule has 0 fully saturated rings. The Morgan fingerprint density at radius 1 is 1.18 bits per heavy atom. The topological polar surface area (TPSA) is 74.6 Å². The molecule has 0 radical (unpaired) electrons. The maximum atomic E-state index is 14.0. The smallest absolute Gasteiger partial charge is 0.198 e. The zero-order chi connectivity index (χ0) is 24.4. The van der Waals surface area contributed by atoms with Gasteiger partial charge >= 0.3 is 0 Å². The Bertz CT molecular complexity index is 1320. The van der Waals surface area contributed by atoms with Crippen LogP contribution in [0.2, 0.25) is 5.02 Å². The van der Waals surface area contributed by atoms with E-state index in [1.165, 1.54) is 12.1 Å². The van der Waals surface area contributed by atoms with Crippen molar-refractivity contribution >= 4 is 23.1 Å². The van der Waals surface area contributed by atoms with Crippen molar-refractivity contribution in [2.45, 2.75) is 19.6 Å². The predicted octanol–water partition coefficient (Wildman–Crippen LogP) is 5.16. The van der Waals surface area contributed by atoms with Gasteiger partial charge in [0.15, 0.2) is 5.78 Å². The molecule has 1 N–H and O–H groups in total. The number of ketones is 1. The number of methoxy groups -OCH3 is 2. The van der Waals surface area contributed by atoms with Crippen molar-refractivity contribution in [3.05, 3.63) is 86.7 Å². The van der Waals surface area contributed by atoms with Crippen molar-refractivity contribution in [1.82, 2.24) is 4.90 Å². The highest BCUT2D eigenvalue weighted by Crippen LogP contribution is 2.36. The highest BCUT2D eigenvalue weighted by atomic mass is 35.5. The van der Waals surface area contributed by atoms with Gasteiger partial charge in [0.1, 0.15) is 23.4 Å². The molecule has 1 heterocycles. The summed E-state index contributed by atoms with van der Waals surface area (Å²) >= 11 is 6.24. The predicted molar refractivity (Wildman–Crippen MR) is 128 cm³/mol. The summed E-state index contributed by atoms with van der Waals surface area (Å²) in [5.41, 5.74) is 3.54. The molecule has 1 aliphatic rings. The summed E-state index contributed by atoms with van der Waals surface area (Å²) in [5, 5.41) is 13.5. The lowest BCUT2D eigenvalue weighted by Gasteiger charge is -2.18. The van der Waals surface area contributed by atoms with E-state index in [9.17, 15) is 14.4 Å². The highest BCUT2D eigenvalue weighted by Gasteiger charge is 2.29. The number of benzene rings is 3. The highest BCUT2D eigenvalue weighted by molar-refractivity contribution is 6.35. The van der Waals surface area contributed by atoms with Gasteiger partial charge in [0.2, 0.25) is 0 Å². The van der Waals surface area contributed by atoms with Crippen molar-refractivity contribution in [2.75, 3.05) is 26.6 Å².